The Morgan fingerprint density at radius 2 is 2.00 bits per heavy atom. The van der Waals surface area contributed by atoms with Crippen molar-refractivity contribution in [2.24, 2.45) is 5.92 Å². The molecule has 0 amide bonds. The third-order valence-corrected chi connectivity index (χ3v) is 4.80. The zero-order chi connectivity index (χ0) is 20.0. The Kier molecular flexibility index (Phi) is 6.79. The fourth-order valence-corrected chi connectivity index (χ4v) is 3.18. The minimum atomic E-state index is -4.55. The Hall–Kier alpha value is -2.26. The molecule has 1 saturated heterocycles. The number of likely N-dealkylation sites (tertiary alicyclic amines) is 1. The molecule has 1 aliphatic rings. The molecule has 152 valence electrons. The van der Waals surface area contributed by atoms with Gasteiger partial charge in [0.25, 0.3) is 0 Å². The highest BCUT2D eigenvalue weighted by atomic mass is 19.4. The fourth-order valence-electron chi connectivity index (χ4n) is 3.18. The lowest BCUT2D eigenvalue weighted by molar-refractivity contribution is -0.141. The van der Waals surface area contributed by atoms with Crippen molar-refractivity contribution in [2.45, 2.75) is 19.0 Å². The lowest BCUT2D eigenvalue weighted by atomic mass is 9.97. The van der Waals surface area contributed by atoms with Gasteiger partial charge in [-0.2, -0.15) is 13.2 Å². The number of hydrogen-bond acceptors (Lipinski definition) is 6. The minimum Gasteiger partial charge on any atom is -0.383 e. The number of anilines is 1. The van der Waals surface area contributed by atoms with Crippen LogP contribution in [0.3, 0.4) is 0 Å². The summed E-state index contributed by atoms with van der Waals surface area (Å²) < 4.78 is 44.8. The van der Waals surface area contributed by atoms with E-state index >= 15 is 0 Å². The standard InChI is InChI=1S/C19H24F3N5O/c1-28-11-10-27-8-5-14(6-9-27)13-24-17-12-16(19(20,21)22)25-18(26-17)15-4-2-3-7-23-15/h2-4,7,12,14H,5-6,8-11,13H2,1H3,(H,24,25,26). The molecule has 0 aromatic carbocycles. The lowest BCUT2D eigenvalue weighted by Crippen LogP contribution is -2.37. The van der Waals surface area contributed by atoms with Crippen molar-refractivity contribution >= 4 is 5.82 Å². The predicted octanol–water partition coefficient (Wildman–Crippen LogP) is 3.33. The Labute approximate surface area is 162 Å². The predicted molar refractivity (Wildman–Crippen MR) is 99.8 cm³/mol. The van der Waals surface area contributed by atoms with Crippen molar-refractivity contribution in [1.82, 2.24) is 19.9 Å². The summed E-state index contributed by atoms with van der Waals surface area (Å²) >= 11 is 0. The van der Waals surface area contributed by atoms with Crippen molar-refractivity contribution < 1.29 is 17.9 Å². The van der Waals surface area contributed by atoms with Gasteiger partial charge in [-0.05, 0) is 44.0 Å². The topological polar surface area (TPSA) is 63.2 Å². The largest absolute Gasteiger partial charge is 0.433 e. The molecule has 9 heteroatoms. The highest BCUT2D eigenvalue weighted by Crippen LogP contribution is 2.30. The highest BCUT2D eigenvalue weighted by molar-refractivity contribution is 5.53. The van der Waals surface area contributed by atoms with Crippen molar-refractivity contribution in [1.29, 1.82) is 0 Å². The van der Waals surface area contributed by atoms with E-state index in [1.807, 2.05) is 0 Å². The summed E-state index contributed by atoms with van der Waals surface area (Å²) in [4.78, 5) is 14.3. The van der Waals surface area contributed by atoms with Crippen LogP contribution in [-0.4, -0.2) is 59.7 Å². The number of alkyl halides is 3. The van der Waals surface area contributed by atoms with E-state index in [9.17, 15) is 13.2 Å². The van der Waals surface area contributed by atoms with Gasteiger partial charge in [-0.15, -0.1) is 0 Å². The van der Waals surface area contributed by atoms with Gasteiger partial charge in [-0.25, -0.2) is 9.97 Å². The Bertz CT molecular complexity index is 749. The smallest absolute Gasteiger partial charge is 0.383 e. The summed E-state index contributed by atoms with van der Waals surface area (Å²) in [5.74, 6) is 0.526. The molecule has 3 rings (SSSR count). The monoisotopic (exact) mass is 395 g/mol. The Balaban J connectivity index is 1.67. The number of ether oxygens (including phenoxy) is 1. The van der Waals surface area contributed by atoms with Crippen LogP contribution in [0.2, 0.25) is 0 Å². The van der Waals surface area contributed by atoms with Gasteiger partial charge in [0.1, 0.15) is 11.5 Å². The second-order valence-electron chi connectivity index (χ2n) is 6.83. The zero-order valence-electron chi connectivity index (χ0n) is 15.7. The van der Waals surface area contributed by atoms with Gasteiger partial charge in [-0.3, -0.25) is 4.98 Å². The quantitative estimate of drug-likeness (QED) is 0.776. The van der Waals surface area contributed by atoms with E-state index in [1.165, 1.54) is 6.20 Å². The first-order valence-electron chi connectivity index (χ1n) is 9.28. The molecule has 0 aliphatic carbocycles. The molecule has 1 fully saturated rings. The summed E-state index contributed by atoms with van der Waals surface area (Å²) in [5.41, 5.74) is -0.664. The number of aromatic nitrogens is 3. The van der Waals surface area contributed by atoms with Crippen molar-refractivity contribution in [3.8, 4) is 11.5 Å². The first-order valence-corrected chi connectivity index (χ1v) is 9.28. The SMILES string of the molecule is COCCN1CCC(CNc2cc(C(F)(F)F)nc(-c3ccccn3)n2)CC1. The zero-order valence-corrected chi connectivity index (χ0v) is 15.7. The van der Waals surface area contributed by atoms with E-state index in [-0.39, 0.29) is 11.6 Å². The van der Waals surface area contributed by atoms with E-state index in [2.05, 4.69) is 25.2 Å². The van der Waals surface area contributed by atoms with Crippen LogP contribution in [0.5, 0.6) is 0 Å². The van der Waals surface area contributed by atoms with Gasteiger partial charge in [0.05, 0.1) is 6.61 Å². The second kappa shape index (κ2) is 9.29. The number of piperidine rings is 1. The molecule has 2 aromatic rings. The van der Waals surface area contributed by atoms with Crippen LogP contribution in [0.25, 0.3) is 11.5 Å². The van der Waals surface area contributed by atoms with Gasteiger partial charge in [-0.1, -0.05) is 6.07 Å². The third kappa shape index (κ3) is 5.62. The average molecular weight is 395 g/mol. The van der Waals surface area contributed by atoms with E-state index in [1.54, 1.807) is 25.3 Å². The summed E-state index contributed by atoms with van der Waals surface area (Å²) in [6.07, 6.45) is -1.07. The molecule has 0 radical (unpaired) electrons. The van der Waals surface area contributed by atoms with Crippen LogP contribution in [0.1, 0.15) is 18.5 Å². The van der Waals surface area contributed by atoms with E-state index in [4.69, 9.17) is 4.74 Å². The molecule has 1 N–H and O–H groups in total. The molecule has 3 heterocycles. The molecule has 0 unspecified atom stereocenters. The molecule has 2 aromatic heterocycles. The molecule has 0 spiro atoms. The van der Waals surface area contributed by atoms with Crippen LogP contribution in [-0.2, 0) is 10.9 Å². The Morgan fingerprint density at radius 1 is 1.21 bits per heavy atom. The van der Waals surface area contributed by atoms with Gasteiger partial charge < -0.3 is 15.0 Å². The number of halogens is 3. The van der Waals surface area contributed by atoms with Gasteiger partial charge in [0, 0.05) is 32.5 Å². The summed E-state index contributed by atoms with van der Waals surface area (Å²) in [6.45, 7) is 4.12. The van der Waals surface area contributed by atoms with Crippen LogP contribution >= 0.6 is 0 Å². The first-order chi connectivity index (χ1) is 13.5. The van der Waals surface area contributed by atoms with E-state index in [0.29, 0.717) is 24.8 Å². The van der Waals surface area contributed by atoms with Crippen LogP contribution in [0.15, 0.2) is 30.5 Å². The summed E-state index contributed by atoms with van der Waals surface area (Å²) in [6, 6.07) is 5.93. The number of methoxy groups -OCH3 is 1. The lowest BCUT2D eigenvalue weighted by Gasteiger charge is -2.31. The molecular formula is C19H24F3N5O. The maximum Gasteiger partial charge on any atom is 0.433 e. The molecular weight excluding hydrogens is 371 g/mol. The van der Waals surface area contributed by atoms with E-state index in [0.717, 1.165) is 38.5 Å². The Morgan fingerprint density at radius 3 is 2.64 bits per heavy atom. The third-order valence-electron chi connectivity index (χ3n) is 4.80. The molecule has 6 nitrogen and oxygen atoms in total. The number of rotatable bonds is 7. The van der Waals surface area contributed by atoms with Crippen molar-refractivity contribution in [2.75, 3.05) is 45.2 Å². The molecule has 1 aliphatic heterocycles. The van der Waals surface area contributed by atoms with Crippen LogP contribution < -0.4 is 5.32 Å². The van der Waals surface area contributed by atoms with E-state index < -0.39 is 11.9 Å². The summed E-state index contributed by atoms with van der Waals surface area (Å²) in [5, 5.41) is 3.07. The fraction of sp³-hybridized carbons (Fsp3) is 0.526. The number of pyridine rings is 1. The highest BCUT2D eigenvalue weighted by Gasteiger charge is 2.34. The number of nitrogens with zero attached hydrogens (tertiary/aromatic N) is 4. The molecule has 0 atom stereocenters. The molecule has 0 saturated carbocycles. The maximum absolute atomic E-state index is 13.2. The first kappa shape index (κ1) is 20.5. The second-order valence-corrected chi connectivity index (χ2v) is 6.83. The number of hydrogen-bond donors (Lipinski definition) is 1. The number of nitrogens with one attached hydrogen (secondary N) is 1. The van der Waals surface area contributed by atoms with Crippen molar-refractivity contribution in [3.63, 3.8) is 0 Å². The van der Waals surface area contributed by atoms with Gasteiger partial charge >= 0.3 is 6.18 Å². The van der Waals surface area contributed by atoms with Crippen LogP contribution in [0.4, 0.5) is 19.0 Å². The van der Waals surface area contributed by atoms with Gasteiger partial charge in [0.15, 0.2) is 11.5 Å². The van der Waals surface area contributed by atoms with Gasteiger partial charge in [0.2, 0.25) is 0 Å². The van der Waals surface area contributed by atoms with Crippen molar-refractivity contribution in [3.05, 3.63) is 36.2 Å². The maximum atomic E-state index is 13.2. The molecule has 0 bridgehead atoms. The summed E-state index contributed by atoms with van der Waals surface area (Å²) in [7, 11) is 1.69. The normalized spacial score (nSPS) is 16.3. The average Bonchev–Trinajstić information content (AvgIpc) is 2.71. The van der Waals surface area contributed by atoms with Crippen LogP contribution in [0, 0.1) is 5.92 Å². The minimum absolute atomic E-state index is 0.0349. The molecule has 28 heavy (non-hydrogen) atoms.